The molecule has 184 valence electrons. The third-order valence-corrected chi connectivity index (χ3v) is 5.66. The average Bonchev–Trinajstić information content (AvgIpc) is 3.00. The second kappa shape index (κ2) is 10.2. The van der Waals surface area contributed by atoms with Gasteiger partial charge in [0.1, 0.15) is 11.6 Å². The first-order chi connectivity index (χ1) is 16.0. The van der Waals surface area contributed by atoms with E-state index in [-0.39, 0.29) is 30.1 Å². The van der Waals surface area contributed by atoms with Gasteiger partial charge in [-0.05, 0) is 58.6 Å². The van der Waals surface area contributed by atoms with Gasteiger partial charge in [0.2, 0.25) is 11.8 Å². The van der Waals surface area contributed by atoms with Crippen LogP contribution >= 0.6 is 0 Å². The van der Waals surface area contributed by atoms with E-state index in [1.807, 2.05) is 20.8 Å². The van der Waals surface area contributed by atoms with Gasteiger partial charge in [-0.25, -0.2) is 4.79 Å². The van der Waals surface area contributed by atoms with E-state index >= 15 is 0 Å². The largest absolute Gasteiger partial charge is 0.444 e. The fourth-order valence-electron chi connectivity index (χ4n) is 3.97. The molecule has 1 aromatic carbocycles. The van der Waals surface area contributed by atoms with Crippen LogP contribution in [0.15, 0.2) is 18.2 Å². The lowest BCUT2D eigenvalue weighted by atomic mass is 10.0. The maximum atomic E-state index is 13.1. The van der Waals surface area contributed by atoms with E-state index in [1.165, 1.54) is 0 Å². The molecule has 10 heteroatoms. The number of rotatable bonds is 8. The molecule has 34 heavy (non-hydrogen) atoms. The third-order valence-electron chi connectivity index (χ3n) is 5.66. The van der Waals surface area contributed by atoms with Gasteiger partial charge in [0.05, 0.1) is 11.1 Å². The lowest BCUT2D eigenvalue weighted by Gasteiger charge is -2.27. The van der Waals surface area contributed by atoms with Gasteiger partial charge in [0.15, 0.2) is 0 Å². The van der Waals surface area contributed by atoms with Crippen molar-refractivity contribution in [2.45, 2.75) is 64.5 Å². The molecule has 0 radical (unpaired) electrons. The molecule has 5 amide bonds. The topological polar surface area (TPSA) is 125 Å². The Morgan fingerprint density at radius 3 is 2.56 bits per heavy atom. The number of imide groups is 2. The Kier molecular flexibility index (Phi) is 7.58. The predicted molar refractivity (Wildman–Crippen MR) is 124 cm³/mol. The Hall–Kier alpha value is -3.43. The van der Waals surface area contributed by atoms with Crippen LogP contribution < -0.4 is 10.6 Å². The van der Waals surface area contributed by atoms with Crippen molar-refractivity contribution in [1.82, 2.24) is 15.1 Å². The molecule has 3 rings (SSSR count). The molecule has 1 unspecified atom stereocenters. The monoisotopic (exact) mass is 472 g/mol. The number of hydrogen-bond donors (Lipinski definition) is 2. The number of ether oxygens (including phenoxy) is 1. The molecule has 0 aromatic heterocycles. The first-order valence-electron chi connectivity index (χ1n) is 11.5. The van der Waals surface area contributed by atoms with Crippen molar-refractivity contribution in [3.63, 3.8) is 0 Å². The summed E-state index contributed by atoms with van der Waals surface area (Å²) < 4.78 is 5.33. The van der Waals surface area contributed by atoms with Crippen LogP contribution in [0.5, 0.6) is 0 Å². The van der Waals surface area contributed by atoms with Gasteiger partial charge >= 0.3 is 6.09 Å². The second-order valence-electron chi connectivity index (χ2n) is 9.56. The van der Waals surface area contributed by atoms with E-state index in [1.54, 1.807) is 30.1 Å². The van der Waals surface area contributed by atoms with Gasteiger partial charge in [0, 0.05) is 32.2 Å². The Bertz CT molecular complexity index is 1000. The normalized spacial score (nSPS) is 18.0. The van der Waals surface area contributed by atoms with Gasteiger partial charge < -0.3 is 15.0 Å². The zero-order chi connectivity index (χ0) is 25.0. The quantitative estimate of drug-likeness (QED) is 0.440. The highest BCUT2D eigenvalue weighted by atomic mass is 16.6. The minimum atomic E-state index is -0.986. The zero-order valence-corrected chi connectivity index (χ0v) is 20.1. The standard InChI is InChI=1S/C24H32N4O6/c1-24(2,3)34-23(33)27(4)14-7-5-6-13-25-16-10-8-9-15-19(16)22(32)28(21(15)31)17-11-12-18(29)26-20(17)30/h8-10,17,25H,5-7,11-14H2,1-4H3,(H,26,29,30). The van der Waals surface area contributed by atoms with Crippen LogP contribution in [0.4, 0.5) is 10.5 Å². The van der Waals surface area contributed by atoms with E-state index < -0.39 is 35.3 Å². The number of carbonyl (C=O) groups is 5. The third kappa shape index (κ3) is 5.73. The summed E-state index contributed by atoms with van der Waals surface area (Å²) in [6, 6.07) is 4.00. The number of carbonyl (C=O) groups excluding carboxylic acids is 5. The van der Waals surface area contributed by atoms with E-state index in [0.717, 1.165) is 24.2 Å². The molecule has 1 aromatic rings. The van der Waals surface area contributed by atoms with Crippen molar-refractivity contribution in [1.29, 1.82) is 0 Å². The minimum absolute atomic E-state index is 0.0814. The number of nitrogens with one attached hydrogen (secondary N) is 2. The Morgan fingerprint density at radius 2 is 1.88 bits per heavy atom. The zero-order valence-electron chi connectivity index (χ0n) is 20.1. The van der Waals surface area contributed by atoms with Crippen molar-refractivity contribution < 1.29 is 28.7 Å². The van der Waals surface area contributed by atoms with Gasteiger partial charge in [-0.3, -0.25) is 29.4 Å². The number of unbranched alkanes of at least 4 members (excludes halogenated alkanes) is 2. The Labute approximate surface area is 199 Å². The van der Waals surface area contributed by atoms with Crippen molar-refractivity contribution in [2.24, 2.45) is 0 Å². The molecule has 1 fully saturated rings. The summed E-state index contributed by atoms with van der Waals surface area (Å²) in [5.41, 5.74) is 0.509. The smallest absolute Gasteiger partial charge is 0.410 e. The van der Waals surface area contributed by atoms with Crippen molar-refractivity contribution in [2.75, 3.05) is 25.5 Å². The van der Waals surface area contributed by atoms with Gasteiger partial charge in [0.25, 0.3) is 11.8 Å². The Balaban J connectivity index is 1.52. The summed E-state index contributed by atoms with van der Waals surface area (Å²) in [6.07, 6.45) is 2.30. The molecule has 1 saturated heterocycles. The van der Waals surface area contributed by atoms with Gasteiger partial charge in [-0.2, -0.15) is 0 Å². The molecule has 2 aliphatic rings. The SMILES string of the molecule is CN(CCCCCNc1cccc2c1C(=O)N(C1CCC(=O)NC1=O)C2=O)C(=O)OC(C)(C)C. The van der Waals surface area contributed by atoms with Crippen molar-refractivity contribution in [3.8, 4) is 0 Å². The molecule has 2 N–H and O–H groups in total. The molecule has 0 aliphatic carbocycles. The molecular formula is C24H32N4O6. The highest BCUT2D eigenvalue weighted by Crippen LogP contribution is 2.32. The maximum absolute atomic E-state index is 13.1. The molecule has 1 atom stereocenters. The fourth-order valence-corrected chi connectivity index (χ4v) is 3.97. The predicted octanol–water partition coefficient (Wildman–Crippen LogP) is 2.54. The number of anilines is 1. The number of piperidine rings is 1. The van der Waals surface area contributed by atoms with E-state index in [9.17, 15) is 24.0 Å². The average molecular weight is 473 g/mol. The Morgan fingerprint density at radius 1 is 1.15 bits per heavy atom. The molecule has 2 heterocycles. The number of nitrogens with zero attached hydrogens (tertiary/aromatic N) is 2. The number of benzene rings is 1. The highest BCUT2D eigenvalue weighted by molar-refractivity contribution is 6.25. The van der Waals surface area contributed by atoms with E-state index in [0.29, 0.717) is 18.8 Å². The lowest BCUT2D eigenvalue weighted by molar-refractivity contribution is -0.136. The summed E-state index contributed by atoms with van der Waals surface area (Å²) in [6.45, 7) is 6.63. The lowest BCUT2D eigenvalue weighted by Crippen LogP contribution is -2.54. The molecule has 0 bridgehead atoms. The fraction of sp³-hybridized carbons (Fsp3) is 0.542. The molecule has 2 aliphatic heterocycles. The summed E-state index contributed by atoms with van der Waals surface area (Å²) in [7, 11) is 1.70. The highest BCUT2D eigenvalue weighted by Gasteiger charge is 2.45. The summed E-state index contributed by atoms with van der Waals surface area (Å²) in [5.74, 6) is -2.09. The summed E-state index contributed by atoms with van der Waals surface area (Å²) in [4.78, 5) is 64.1. The first kappa shape index (κ1) is 25.2. The van der Waals surface area contributed by atoms with Crippen molar-refractivity contribution in [3.05, 3.63) is 29.3 Å². The van der Waals surface area contributed by atoms with Crippen molar-refractivity contribution >= 4 is 35.4 Å². The minimum Gasteiger partial charge on any atom is -0.444 e. The van der Waals surface area contributed by atoms with Crippen LogP contribution in [-0.2, 0) is 14.3 Å². The molecule has 0 saturated carbocycles. The van der Waals surface area contributed by atoms with E-state index in [4.69, 9.17) is 4.74 Å². The summed E-state index contributed by atoms with van der Waals surface area (Å²) in [5, 5.41) is 5.42. The first-order valence-corrected chi connectivity index (χ1v) is 11.5. The van der Waals surface area contributed by atoms with E-state index in [2.05, 4.69) is 10.6 Å². The van der Waals surface area contributed by atoms with Crippen LogP contribution in [0.2, 0.25) is 0 Å². The van der Waals surface area contributed by atoms with Crippen LogP contribution in [0.3, 0.4) is 0 Å². The molecular weight excluding hydrogens is 440 g/mol. The number of amides is 5. The number of fused-ring (bicyclic) bond motifs is 1. The van der Waals surface area contributed by atoms with Gasteiger partial charge in [-0.1, -0.05) is 6.07 Å². The van der Waals surface area contributed by atoms with Crippen LogP contribution in [0.1, 0.15) is 73.6 Å². The summed E-state index contributed by atoms with van der Waals surface area (Å²) >= 11 is 0. The maximum Gasteiger partial charge on any atom is 0.410 e. The number of hydrogen-bond acceptors (Lipinski definition) is 7. The van der Waals surface area contributed by atoms with Gasteiger partial charge in [-0.15, -0.1) is 0 Å². The van der Waals surface area contributed by atoms with Crippen LogP contribution in [0, 0.1) is 0 Å². The van der Waals surface area contributed by atoms with Crippen LogP contribution in [-0.4, -0.2) is 71.3 Å². The molecule has 10 nitrogen and oxygen atoms in total. The second-order valence-corrected chi connectivity index (χ2v) is 9.56. The van der Waals surface area contributed by atoms with Crippen LogP contribution in [0.25, 0.3) is 0 Å². The molecule has 0 spiro atoms.